The molecule has 1 aromatic heterocycles. The van der Waals surface area contributed by atoms with Crippen molar-refractivity contribution in [3.05, 3.63) is 47.5 Å². The summed E-state index contributed by atoms with van der Waals surface area (Å²) in [5.74, 6) is 0.688. The van der Waals surface area contributed by atoms with Crippen LogP contribution in [0.1, 0.15) is 43.8 Å². The van der Waals surface area contributed by atoms with Crippen LogP contribution in [-0.2, 0) is 5.41 Å². The van der Waals surface area contributed by atoms with E-state index in [1.807, 2.05) is 12.1 Å². The third kappa shape index (κ3) is 2.53. The summed E-state index contributed by atoms with van der Waals surface area (Å²) in [4.78, 5) is 4.07. The molecule has 1 heterocycles. The summed E-state index contributed by atoms with van der Waals surface area (Å²) in [6.07, 6.45) is 1.47. The van der Waals surface area contributed by atoms with E-state index in [1.54, 1.807) is 0 Å². The molecule has 0 amide bonds. The number of H-pyrrole nitrogens is 1. The second-order valence-electron chi connectivity index (χ2n) is 5.22. The van der Waals surface area contributed by atoms with E-state index >= 15 is 0 Å². The Bertz CT molecular complexity index is 465. The molecule has 17 heavy (non-hydrogen) atoms. The fourth-order valence-corrected chi connectivity index (χ4v) is 1.71. The lowest BCUT2D eigenvalue weighted by Crippen LogP contribution is -2.15. The van der Waals surface area contributed by atoms with Crippen molar-refractivity contribution in [1.82, 2.24) is 15.2 Å². The van der Waals surface area contributed by atoms with Crippen LogP contribution in [0.2, 0.25) is 0 Å². The van der Waals surface area contributed by atoms with Crippen LogP contribution in [0.3, 0.4) is 0 Å². The highest BCUT2D eigenvalue weighted by molar-refractivity contribution is 5.31. The van der Waals surface area contributed by atoms with E-state index in [2.05, 4.69) is 48.1 Å². The largest absolute Gasteiger partial charge is 0.318 e. The van der Waals surface area contributed by atoms with Crippen molar-refractivity contribution in [1.29, 1.82) is 0 Å². The maximum absolute atomic E-state index is 6.09. The molecular weight excluding hydrogens is 212 g/mol. The van der Waals surface area contributed by atoms with Crippen LogP contribution < -0.4 is 5.73 Å². The van der Waals surface area contributed by atoms with Gasteiger partial charge in [0, 0.05) is 0 Å². The van der Waals surface area contributed by atoms with Crippen molar-refractivity contribution in [3.63, 3.8) is 0 Å². The molecular formula is C13H18N4. The van der Waals surface area contributed by atoms with Crippen LogP contribution in [0.15, 0.2) is 30.6 Å². The maximum Gasteiger partial charge on any atom is 0.145 e. The van der Waals surface area contributed by atoms with Gasteiger partial charge in [0.15, 0.2) is 0 Å². The first-order valence-electron chi connectivity index (χ1n) is 5.70. The van der Waals surface area contributed by atoms with Gasteiger partial charge in [0.1, 0.15) is 12.2 Å². The number of benzene rings is 1. The Morgan fingerprint density at radius 3 is 2.29 bits per heavy atom. The second kappa shape index (κ2) is 4.30. The van der Waals surface area contributed by atoms with E-state index in [4.69, 9.17) is 5.73 Å². The van der Waals surface area contributed by atoms with Gasteiger partial charge in [-0.1, -0.05) is 45.0 Å². The molecule has 1 unspecified atom stereocenters. The standard InChI is InChI=1S/C13H18N4/c1-13(2,3)10-6-4-9(5-7-10)11(14)12-15-8-16-17-12/h4-8,11H,14H2,1-3H3,(H,15,16,17). The fourth-order valence-electron chi connectivity index (χ4n) is 1.71. The number of aromatic nitrogens is 3. The highest BCUT2D eigenvalue weighted by Gasteiger charge is 2.15. The van der Waals surface area contributed by atoms with Crippen molar-refractivity contribution in [3.8, 4) is 0 Å². The van der Waals surface area contributed by atoms with Crippen molar-refractivity contribution in [2.45, 2.75) is 32.2 Å². The predicted octanol–water partition coefficient (Wildman–Crippen LogP) is 2.15. The Labute approximate surface area is 101 Å². The van der Waals surface area contributed by atoms with Crippen molar-refractivity contribution >= 4 is 0 Å². The van der Waals surface area contributed by atoms with Crippen molar-refractivity contribution in [2.24, 2.45) is 5.73 Å². The van der Waals surface area contributed by atoms with E-state index in [0.717, 1.165) is 5.56 Å². The Balaban J connectivity index is 2.24. The molecule has 3 N–H and O–H groups in total. The number of hydrogen-bond donors (Lipinski definition) is 2. The van der Waals surface area contributed by atoms with E-state index in [9.17, 15) is 0 Å². The lowest BCUT2D eigenvalue weighted by atomic mass is 9.86. The second-order valence-corrected chi connectivity index (χ2v) is 5.22. The zero-order valence-corrected chi connectivity index (χ0v) is 10.4. The van der Waals surface area contributed by atoms with Crippen LogP contribution in [0.25, 0.3) is 0 Å². The molecule has 4 nitrogen and oxygen atoms in total. The molecule has 1 aromatic carbocycles. The topological polar surface area (TPSA) is 67.6 Å². The van der Waals surface area contributed by atoms with Gasteiger partial charge in [-0.3, -0.25) is 5.10 Å². The summed E-state index contributed by atoms with van der Waals surface area (Å²) >= 11 is 0. The number of nitrogens with zero attached hydrogens (tertiary/aromatic N) is 2. The minimum absolute atomic E-state index is 0.162. The number of nitrogens with one attached hydrogen (secondary N) is 1. The van der Waals surface area contributed by atoms with Gasteiger partial charge in [0.05, 0.1) is 6.04 Å². The summed E-state index contributed by atoms with van der Waals surface area (Å²) in [6, 6.07) is 8.09. The van der Waals surface area contributed by atoms with Crippen molar-refractivity contribution < 1.29 is 0 Å². The van der Waals surface area contributed by atoms with Gasteiger partial charge < -0.3 is 5.73 Å². The molecule has 1 atom stereocenters. The minimum atomic E-state index is -0.244. The smallest absolute Gasteiger partial charge is 0.145 e. The highest BCUT2D eigenvalue weighted by Crippen LogP contribution is 2.24. The fraction of sp³-hybridized carbons (Fsp3) is 0.385. The van der Waals surface area contributed by atoms with Gasteiger partial charge in [-0.05, 0) is 16.5 Å². The Morgan fingerprint density at radius 1 is 1.18 bits per heavy atom. The molecule has 0 aliphatic carbocycles. The lowest BCUT2D eigenvalue weighted by Gasteiger charge is -2.19. The van der Waals surface area contributed by atoms with E-state index < -0.39 is 0 Å². The van der Waals surface area contributed by atoms with Crippen LogP contribution in [-0.4, -0.2) is 15.2 Å². The van der Waals surface area contributed by atoms with Gasteiger partial charge in [-0.2, -0.15) is 5.10 Å². The summed E-state index contributed by atoms with van der Waals surface area (Å²) in [5.41, 5.74) is 8.58. The van der Waals surface area contributed by atoms with Gasteiger partial charge in [-0.25, -0.2) is 4.98 Å². The number of nitrogens with two attached hydrogens (primary N) is 1. The highest BCUT2D eigenvalue weighted by atomic mass is 15.2. The van der Waals surface area contributed by atoms with E-state index in [1.165, 1.54) is 11.9 Å². The predicted molar refractivity (Wildman–Crippen MR) is 67.6 cm³/mol. The zero-order chi connectivity index (χ0) is 12.5. The normalized spacial score (nSPS) is 13.6. The van der Waals surface area contributed by atoms with Gasteiger partial charge >= 0.3 is 0 Å². The first-order valence-corrected chi connectivity index (χ1v) is 5.70. The Kier molecular flexibility index (Phi) is 2.98. The third-order valence-corrected chi connectivity index (χ3v) is 2.86. The van der Waals surface area contributed by atoms with Crippen LogP contribution in [0, 0.1) is 0 Å². The summed E-state index contributed by atoms with van der Waals surface area (Å²) in [5, 5.41) is 6.60. The SMILES string of the molecule is CC(C)(C)c1ccc(C(N)c2ncn[nH]2)cc1. The maximum atomic E-state index is 6.09. The Morgan fingerprint density at radius 2 is 1.82 bits per heavy atom. The molecule has 0 fully saturated rings. The van der Waals surface area contributed by atoms with Crippen molar-refractivity contribution in [2.75, 3.05) is 0 Å². The molecule has 4 heteroatoms. The Hall–Kier alpha value is -1.68. The quantitative estimate of drug-likeness (QED) is 0.830. The average Bonchev–Trinajstić information content (AvgIpc) is 2.80. The number of hydrogen-bond acceptors (Lipinski definition) is 3. The molecule has 0 bridgehead atoms. The molecule has 0 spiro atoms. The summed E-state index contributed by atoms with van der Waals surface area (Å²) in [7, 11) is 0. The van der Waals surface area contributed by atoms with E-state index in [0.29, 0.717) is 5.82 Å². The zero-order valence-electron chi connectivity index (χ0n) is 10.4. The van der Waals surface area contributed by atoms with E-state index in [-0.39, 0.29) is 11.5 Å². The summed E-state index contributed by atoms with van der Waals surface area (Å²) in [6.45, 7) is 6.58. The molecule has 2 aromatic rings. The molecule has 90 valence electrons. The lowest BCUT2D eigenvalue weighted by molar-refractivity contribution is 0.589. The first kappa shape index (κ1) is 11.8. The van der Waals surface area contributed by atoms with Gasteiger partial charge in [0.2, 0.25) is 0 Å². The molecule has 2 rings (SSSR count). The molecule has 0 saturated heterocycles. The van der Waals surface area contributed by atoms with Crippen LogP contribution >= 0.6 is 0 Å². The minimum Gasteiger partial charge on any atom is -0.318 e. The van der Waals surface area contributed by atoms with Crippen LogP contribution in [0.5, 0.6) is 0 Å². The van der Waals surface area contributed by atoms with Gasteiger partial charge in [-0.15, -0.1) is 0 Å². The molecule has 0 aliphatic rings. The van der Waals surface area contributed by atoms with Crippen LogP contribution in [0.4, 0.5) is 0 Å². The number of rotatable bonds is 2. The third-order valence-electron chi connectivity index (χ3n) is 2.86. The number of aromatic amines is 1. The summed E-state index contributed by atoms with van der Waals surface area (Å²) < 4.78 is 0. The molecule has 0 saturated carbocycles. The molecule has 0 aliphatic heterocycles. The molecule has 0 radical (unpaired) electrons. The first-order chi connectivity index (χ1) is 7.98. The monoisotopic (exact) mass is 230 g/mol. The van der Waals surface area contributed by atoms with Gasteiger partial charge in [0.25, 0.3) is 0 Å². The average molecular weight is 230 g/mol.